The van der Waals surface area contributed by atoms with Gasteiger partial charge in [0.05, 0.1) is 0 Å². The fourth-order valence-corrected chi connectivity index (χ4v) is 7.30. The van der Waals surface area contributed by atoms with Crippen LogP contribution in [0.5, 0.6) is 34.8 Å². The molecule has 1 amide bonds. The van der Waals surface area contributed by atoms with Crippen LogP contribution in [0.4, 0.5) is 0 Å². The average molecular weight is 895 g/mol. The molecule has 2 fully saturated rings. The highest BCUT2D eigenvalue weighted by Crippen LogP contribution is 2.24. The van der Waals surface area contributed by atoms with Gasteiger partial charge < -0.3 is 35.1 Å². The van der Waals surface area contributed by atoms with Crippen molar-refractivity contribution in [1.29, 1.82) is 0 Å². The zero-order chi connectivity index (χ0) is 46.4. The number of carbonyl (C=O) groups excluding carboxylic acids is 2. The Kier molecular flexibility index (Phi) is 19.5. The van der Waals surface area contributed by atoms with Crippen LogP contribution >= 0.6 is 0 Å². The number of pyridine rings is 2. The molecule has 346 valence electrons. The van der Waals surface area contributed by atoms with E-state index in [1.165, 1.54) is 22.3 Å². The predicted octanol–water partition coefficient (Wildman–Crippen LogP) is 8.07. The summed E-state index contributed by atoms with van der Waals surface area (Å²) in [5.41, 5.74) is 11.4. The molecule has 0 bridgehead atoms. The van der Waals surface area contributed by atoms with Crippen LogP contribution in [0.1, 0.15) is 47.9 Å². The number of Topliss-reactive ketones (excluding diaryl/α,β-unsaturated/α-hetero) is 1. The first kappa shape index (κ1) is 48.8. The number of likely N-dealkylation sites (tertiary alicyclic amines) is 2. The summed E-state index contributed by atoms with van der Waals surface area (Å²) in [7, 11) is 0. The van der Waals surface area contributed by atoms with E-state index < -0.39 is 6.61 Å². The Labute approximate surface area is 388 Å². The zero-order valence-electron chi connectivity index (χ0n) is 38.0. The molecule has 0 saturated carbocycles. The largest absolute Gasteiger partial charge is 0.486 e. The highest BCUT2D eigenvalue weighted by molar-refractivity contribution is 5.80. The van der Waals surface area contributed by atoms with Gasteiger partial charge in [-0.05, 0) is 136 Å². The number of piperidine rings is 2. The van der Waals surface area contributed by atoms with Gasteiger partial charge in [-0.15, -0.1) is 0 Å². The Hall–Kier alpha value is -6.64. The summed E-state index contributed by atoms with van der Waals surface area (Å²) >= 11 is 0. The zero-order valence-corrected chi connectivity index (χ0v) is 38.0. The summed E-state index contributed by atoms with van der Waals surface area (Å²) in [6.45, 7) is 10.0. The van der Waals surface area contributed by atoms with Crippen LogP contribution in [0, 0.1) is 13.8 Å². The molecule has 0 aliphatic carbocycles. The molecule has 4 aromatic carbocycles. The maximum Gasteiger partial charge on any atom is 0.258 e. The predicted molar refractivity (Wildman–Crippen MR) is 256 cm³/mol. The fraction of sp³-hybridized carbons (Fsp3) is 0.321. The number of aliphatic hydroxyl groups is 1. The highest BCUT2D eigenvalue weighted by atomic mass is 16.5. The van der Waals surface area contributed by atoms with Crippen LogP contribution in [-0.2, 0) is 22.7 Å². The number of nitrogens with two attached hydrogens (primary N) is 1. The van der Waals surface area contributed by atoms with E-state index in [4.69, 9.17) is 29.8 Å². The number of carbonyl (C=O) groups is 2. The number of aromatic nitrogens is 2. The van der Waals surface area contributed by atoms with Crippen molar-refractivity contribution in [3.8, 4) is 34.8 Å². The van der Waals surface area contributed by atoms with Gasteiger partial charge in [-0.2, -0.15) is 0 Å². The smallest absolute Gasteiger partial charge is 0.258 e. The Morgan fingerprint density at radius 1 is 0.591 bits per heavy atom. The van der Waals surface area contributed by atoms with Crippen LogP contribution in [0.25, 0.3) is 0 Å². The fourth-order valence-electron chi connectivity index (χ4n) is 7.30. The molecular formula is C53H62N6O7. The molecule has 2 saturated heterocycles. The number of nitrogens with zero attached hydrogens (tertiary/aromatic N) is 4. The van der Waals surface area contributed by atoms with Gasteiger partial charge >= 0.3 is 0 Å². The molecule has 4 heterocycles. The molecule has 4 N–H and O–H groups in total. The number of ketones is 1. The number of rotatable bonds is 16. The molecule has 66 heavy (non-hydrogen) atoms. The molecule has 2 aliphatic heterocycles. The number of hydrogen-bond acceptors (Lipinski definition) is 12. The molecular weight excluding hydrogens is 833 g/mol. The van der Waals surface area contributed by atoms with E-state index >= 15 is 0 Å². The molecule has 0 radical (unpaired) electrons. The SMILES string of the molecule is Cc1ccccc1CN1CCC(N)CC1.Cc1ccccc1CN1CCC(NC(=O)COc2ccc(Oc3ccccn3)cc2)CC1.O=C(CO)COc1ccc(Oc2ccccn2)cc1. The number of benzene rings is 4. The van der Waals surface area contributed by atoms with Gasteiger partial charge in [-0.3, -0.25) is 19.4 Å². The van der Waals surface area contributed by atoms with Crippen LogP contribution in [0.3, 0.4) is 0 Å². The van der Waals surface area contributed by atoms with Gasteiger partial charge in [0.25, 0.3) is 5.91 Å². The van der Waals surface area contributed by atoms with Crippen molar-refractivity contribution in [2.75, 3.05) is 46.0 Å². The second kappa shape index (κ2) is 26.4. The molecule has 0 atom stereocenters. The van der Waals surface area contributed by atoms with Crippen molar-refractivity contribution < 1.29 is 33.6 Å². The van der Waals surface area contributed by atoms with Gasteiger partial charge in [-0.25, -0.2) is 9.97 Å². The average Bonchev–Trinajstić information content (AvgIpc) is 3.35. The van der Waals surface area contributed by atoms with E-state index in [1.807, 2.05) is 24.3 Å². The maximum absolute atomic E-state index is 12.3. The number of aliphatic hydroxyl groups excluding tert-OH is 1. The Bertz CT molecular complexity index is 2340. The van der Waals surface area contributed by atoms with E-state index in [9.17, 15) is 9.59 Å². The van der Waals surface area contributed by atoms with Gasteiger partial charge in [-0.1, -0.05) is 60.7 Å². The summed E-state index contributed by atoms with van der Waals surface area (Å²) < 4.78 is 22.0. The topological polar surface area (TPSA) is 162 Å². The molecule has 2 aromatic heterocycles. The van der Waals surface area contributed by atoms with E-state index in [0.29, 0.717) is 40.8 Å². The van der Waals surface area contributed by atoms with Crippen LogP contribution < -0.4 is 30.0 Å². The molecule has 2 aliphatic rings. The van der Waals surface area contributed by atoms with E-state index in [0.717, 1.165) is 65.0 Å². The van der Waals surface area contributed by atoms with Crippen LogP contribution in [0.15, 0.2) is 146 Å². The number of amides is 1. The van der Waals surface area contributed by atoms with Crippen LogP contribution in [0.2, 0.25) is 0 Å². The number of nitrogens with one attached hydrogen (secondary N) is 1. The van der Waals surface area contributed by atoms with Crippen molar-refractivity contribution >= 4 is 11.7 Å². The first-order valence-corrected chi connectivity index (χ1v) is 22.5. The van der Waals surface area contributed by atoms with Gasteiger partial charge in [0, 0.05) is 62.8 Å². The third-order valence-corrected chi connectivity index (χ3v) is 11.2. The van der Waals surface area contributed by atoms with Gasteiger partial charge in [0.15, 0.2) is 12.4 Å². The molecule has 8 rings (SSSR count). The number of aryl methyl sites for hydroxylation is 2. The molecule has 13 heteroatoms. The van der Waals surface area contributed by atoms with Crippen molar-refractivity contribution in [1.82, 2.24) is 25.1 Å². The van der Waals surface area contributed by atoms with Crippen molar-refractivity contribution in [3.05, 3.63) is 168 Å². The quantitative estimate of drug-likeness (QED) is 0.0859. The first-order valence-electron chi connectivity index (χ1n) is 22.5. The Balaban J connectivity index is 0.000000179. The summed E-state index contributed by atoms with van der Waals surface area (Å²) in [6, 6.07) is 42.6. The summed E-state index contributed by atoms with van der Waals surface area (Å²) in [6.07, 6.45) is 7.53. The van der Waals surface area contributed by atoms with E-state index in [2.05, 4.69) is 87.5 Å². The standard InChI is InChI=1S/C26H29N3O3.C14H13NO4.C13H20N2/c1-20-6-2-3-7-21(20)18-29-16-13-22(14-17-29)28-25(30)19-31-23-9-11-24(12-10-23)32-26-8-4-5-15-27-26;16-9-11(17)10-18-12-4-6-13(7-5-12)19-14-3-1-2-8-15-14;1-11-4-2-3-5-12(11)10-15-8-6-13(14)7-9-15/h2-12,15,22H,13-14,16-19H2,1H3,(H,28,30);1-8,16H,9-10H2;2-5,13H,6-10,14H2,1H3. The molecule has 6 aromatic rings. The monoisotopic (exact) mass is 894 g/mol. The second-order valence-electron chi connectivity index (χ2n) is 16.3. The minimum absolute atomic E-state index is 0.00384. The first-order chi connectivity index (χ1) is 32.2. The molecule has 0 spiro atoms. The third-order valence-electron chi connectivity index (χ3n) is 11.2. The van der Waals surface area contributed by atoms with Crippen molar-refractivity contribution in [2.24, 2.45) is 5.73 Å². The lowest BCUT2D eigenvalue weighted by Gasteiger charge is -2.32. The van der Waals surface area contributed by atoms with Crippen molar-refractivity contribution in [2.45, 2.75) is 64.7 Å². The Morgan fingerprint density at radius 3 is 1.45 bits per heavy atom. The maximum atomic E-state index is 12.3. The normalized spacial score (nSPS) is 14.4. The summed E-state index contributed by atoms with van der Waals surface area (Å²) in [4.78, 5) is 36.3. The lowest BCUT2D eigenvalue weighted by Crippen LogP contribution is -2.45. The minimum atomic E-state index is -0.513. The number of hydrogen-bond donors (Lipinski definition) is 3. The summed E-state index contributed by atoms with van der Waals surface area (Å²) in [5, 5.41) is 11.7. The molecule has 13 nitrogen and oxygen atoms in total. The van der Waals surface area contributed by atoms with Gasteiger partial charge in [0.1, 0.15) is 36.2 Å². The molecule has 0 unspecified atom stereocenters. The lowest BCUT2D eigenvalue weighted by atomic mass is 10.0. The second-order valence-corrected chi connectivity index (χ2v) is 16.3. The minimum Gasteiger partial charge on any atom is -0.486 e. The van der Waals surface area contributed by atoms with Gasteiger partial charge in [0.2, 0.25) is 11.8 Å². The van der Waals surface area contributed by atoms with E-state index in [1.54, 1.807) is 73.1 Å². The van der Waals surface area contributed by atoms with Crippen molar-refractivity contribution in [3.63, 3.8) is 0 Å². The van der Waals surface area contributed by atoms with E-state index in [-0.39, 0.29) is 30.9 Å². The third kappa shape index (κ3) is 17.1. The van der Waals surface area contributed by atoms with Crippen LogP contribution in [-0.4, -0.2) is 94.6 Å². The number of ether oxygens (including phenoxy) is 4. The Morgan fingerprint density at radius 2 is 1.02 bits per heavy atom. The highest BCUT2D eigenvalue weighted by Gasteiger charge is 2.21. The lowest BCUT2D eigenvalue weighted by molar-refractivity contribution is -0.124. The summed E-state index contributed by atoms with van der Waals surface area (Å²) in [5.74, 6) is 3.04.